The molecule has 1 rings (SSSR count). The Kier molecular flexibility index (Phi) is 13.7. The van der Waals surface area contributed by atoms with Crippen molar-refractivity contribution in [2.45, 2.75) is 128 Å². The summed E-state index contributed by atoms with van der Waals surface area (Å²) in [7, 11) is 0. The summed E-state index contributed by atoms with van der Waals surface area (Å²) in [6.45, 7) is 12.0. The van der Waals surface area contributed by atoms with Gasteiger partial charge in [0.15, 0.2) is 0 Å². The summed E-state index contributed by atoms with van der Waals surface area (Å²) in [6.07, 6.45) is -8.07. The average Bonchev–Trinajstić information content (AvgIpc) is 2.93. The van der Waals surface area contributed by atoms with Crippen molar-refractivity contribution >= 4 is 11.9 Å². The van der Waals surface area contributed by atoms with Gasteiger partial charge in [-0.2, -0.15) is 35.1 Å². The summed E-state index contributed by atoms with van der Waals surface area (Å²) in [5.74, 6) is -32.7. The van der Waals surface area contributed by atoms with Gasteiger partial charge in [0.2, 0.25) is 0 Å². The average molecular weight is 699 g/mol. The normalized spacial score (nSPS) is 15.0. The van der Waals surface area contributed by atoms with Gasteiger partial charge in [-0.1, -0.05) is 67.5 Å². The SMILES string of the molecule is CCC(C)C(=O)OCCC(CCOC(=O)CCc1cc(C(C)(C)C)c(O)c(C(C)(C)C)c1)C(F)(F)C(F)(F)C(F)(F)C(F)(F)C(F)F. The predicted octanol–water partition coefficient (Wildman–Crippen LogP) is 9.25. The maximum absolute atomic E-state index is 15.0. The number of aromatic hydroxyl groups is 1. The van der Waals surface area contributed by atoms with Crippen LogP contribution in [0.2, 0.25) is 0 Å². The summed E-state index contributed by atoms with van der Waals surface area (Å²) in [5, 5.41) is 10.8. The highest BCUT2D eigenvalue weighted by Crippen LogP contribution is 2.57. The van der Waals surface area contributed by atoms with Gasteiger partial charge >= 0.3 is 42.1 Å². The second-order valence-corrected chi connectivity index (χ2v) is 13.7. The molecule has 0 spiro atoms. The van der Waals surface area contributed by atoms with E-state index in [0.717, 1.165) is 0 Å². The number of hydrogen-bond acceptors (Lipinski definition) is 5. The van der Waals surface area contributed by atoms with Gasteiger partial charge in [-0.3, -0.25) is 9.59 Å². The number of carbonyl (C=O) groups excluding carboxylic acids is 2. The minimum atomic E-state index is -7.19. The van der Waals surface area contributed by atoms with Crippen LogP contribution in [0.5, 0.6) is 5.75 Å². The fourth-order valence-electron chi connectivity index (χ4n) is 4.55. The van der Waals surface area contributed by atoms with Gasteiger partial charge in [-0.15, -0.1) is 0 Å². The number of benzene rings is 1. The van der Waals surface area contributed by atoms with Crippen LogP contribution in [0.1, 0.15) is 97.8 Å². The number of alkyl halides is 10. The van der Waals surface area contributed by atoms with Crippen LogP contribution in [0.3, 0.4) is 0 Å². The van der Waals surface area contributed by atoms with Gasteiger partial charge in [0, 0.05) is 12.3 Å². The molecule has 0 aliphatic rings. The number of hydrogen-bond donors (Lipinski definition) is 1. The zero-order valence-electron chi connectivity index (χ0n) is 27.7. The van der Waals surface area contributed by atoms with E-state index in [2.05, 4.69) is 0 Å². The number of ether oxygens (including phenoxy) is 2. The van der Waals surface area contributed by atoms with Crippen LogP contribution >= 0.6 is 0 Å². The highest BCUT2D eigenvalue weighted by molar-refractivity contribution is 5.71. The van der Waals surface area contributed by atoms with Gasteiger partial charge in [-0.25, -0.2) is 8.78 Å². The molecule has 0 bridgehead atoms. The van der Waals surface area contributed by atoms with Crippen LogP contribution in [0.4, 0.5) is 43.9 Å². The molecule has 0 aliphatic heterocycles. The Morgan fingerprint density at radius 3 is 1.60 bits per heavy atom. The third kappa shape index (κ3) is 9.67. The Bertz CT molecular complexity index is 1180. The number of halogens is 10. The lowest BCUT2D eigenvalue weighted by Crippen LogP contribution is -2.66. The van der Waals surface area contributed by atoms with E-state index in [1.165, 1.54) is 6.92 Å². The molecule has 2 unspecified atom stereocenters. The van der Waals surface area contributed by atoms with E-state index in [1.807, 2.05) is 41.5 Å². The Hall–Kier alpha value is -2.74. The topological polar surface area (TPSA) is 72.8 Å². The number of esters is 2. The molecule has 0 fully saturated rings. The van der Waals surface area contributed by atoms with E-state index in [-0.39, 0.29) is 25.0 Å². The minimum Gasteiger partial charge on any atom is -0.507 e. The zero-order chi connectivity index (χ0) is 37.0. The largest absolute Gasteiger partial charge is 0.507 e. The van der Waals surface area contributed by atoms with Crippen LogP contribution in [-0.2, 0) is 36.3 Å². The molecule has 2 atom stereocenters. The van der Waals surface area contributed by atoms with Crippen molar-refractivity contribution in [3.8, 4) is 5.75 Å². The first-order valence-corrected chi connectivity index (χ1v) is 15.1. The van der Waals surface area contributed by atoms with Crippen molar-refractivity contribution in [2.75, 3.05) is 13.2 Å². The zero-order valence-corrected chi connectivity index (χ0v) is 27.7. The lowest BCUT2D eigenvalue weighted by atomic mass is 9.78. The smallest absolute Gasteiger partial charge is 0.384 e. The molecule has 5 nitrogen and oxygen atoms in total. The van der Waals surface area contributed by atoms with Crippen molar-refractivity contribution in [2.24, 2.45) is 11.8 Å². The Morgan fingerprint density at radius 2 is 1.19 bits per heavy atom. The van der Waals surface area contributed by atoms with E-state index < -0.39 is 90.8 Å². The maximum atomic E-state index is 15.0. The van der Waals surface area contributed by atoms with Gasteiger partial charge in [0.05, 0.1) is 19.1 Å². The Balaban J connectivity index is 3.20. The molecular formula is C32H44F10O5. The van der Waals surface area contributed by atoms with E-state index in [4.69, 9.17) is 9.47 Å². The molecule has 272 valence electrons. The van der Waals surface area contributed by atoms with Crippen LogP contribution in [0.15, 0.2) is 12.1 Å². The highest BCUT2D eigenvalue weighted by atomic mass is 19.4. The summed E-state index contributed by atoms with van der Waals surface area (Å²) in [4.78, 5) is 24.4. The van der Waals surface area contributed by atoms with Crippen molar-refractivity contribution < 1.29 is 68.1 Å². The molecule has 1 N–H and O–H groups in total. The third-order valence-corrected chi connectivity index (χ3v) is 7.88. The molecule has 0 aromatic heterocycles. The Morgan fingerprint density at radius 1 is 0.766 bits per heavy atom. The quantitative estimate of drug-likeness (QED) is 0.138. The second-order valence-electron chi connectivity index (χ2n) is 13.7. The molecule has 1 aromatic rings. The first-order chi connectivity index (χ1) is 21.1. The second kappa shape index (κ2) is 15.2. The minimum absolute atomic E-state index is 0.0312. The fourth-order valence-corrected chi connectivity index (χ4v) is 4.55. The molecular weight excluding hydrogens is 654 g/mol. The molecule has 0 radical (unpaired) electrons. The van der Waals surface area contributed by atoms with Crippen LogP contribution in [0, 0.1) is 11.8 Å². The number of carbonyl (C=O) groups is 2. The van der Waals surface area contributed by atoms with E-state index in [0.29, 0.717) is 16.7 Å². The summed E-state index contributed by atoms with van der Waals surface area (Å²) in [5.41, 5.74) is 0.776. The molecule has 0 aliphatic carbocycles. The lowest BCUT2D eigenvalue weighted by molar-refractivity contribution is -0.392. The molecule has 0 saturated heterocycles. The van der Waals surface area contributed by atoms with Crippen molar-refractivity contribution in [1.29, 1.82) is 0 Å². The van der Waals surface area contributed by atoms with Gasteiger partial charge in [0.25, 0.3) is 0 Å². The lowest BCUT2D eigenvalue weighted by Gasteiger charge is -2.39. The summed E-state index contributed by atoms with van der Waals surface area (Å²) in [6, 6.07) is 3.35. The first-order valence-electron chi connectivity index (χ1n) is 15.1. The van der Waals surface area contributed by atoms with Gasteiger partial charge in [-0.05, 0) is 53.2 Å². The summed E-state index contributed by atoms with van der Waals surface area (Å²) >= 11 is 0. The number of rotatable bonds is 16. The monoisotopic (exact) mass is 698 g/mol. The standard InChI is InChI=1S/C32H44F10O5/c1-9-18(2)25(45)47-15-13-20(29(35,36)31(39,40)32(41,42)30(37,38)26(33)34)12-14-46-23(43)11-10-19-16-21(27(3,4)5)24(44)22(17-19)28(6,7)8/h16-18,20,26,44H,9-15H2,1-8H3. The molecule has 1 aromatic carbocycles. The van der Waals surface area contributed by atoms with Crippen LogP contribution in [-0.4, -0.2) is 60.4 Å². The third-order valence-electron chi connectivity index (χ3n) is 7.88. The van der Waals surface area contributed by atoms with Crippen molar-refractivity contribution in [3.63, 3.8) is 0 Å². The maximum Gasteiger partial charge on any atom is 0.384 e. The van der Waals surface area contributed by atoms with Gasteiger partial charge in [0.1, 0.15) is 5.75 Å². The van der Waals surface area contributed by atoms with Crippen LogP contribution in [0.25, 0.3) is 0 Å². The number of phenols is 1. The molecule has 0 amide bonds. The molecule has 47 heavy (non-hydrogen) atoms. The van der Waals surface area contributed by atoms with Crippen molar-refractivity contribution in [3.05, 3.63) is 28.8 Å². The molecule has 0 heterocycles. The Labute approximate surface area is 268 Å². The first kappa shape index (κ1) is 42.3. The molecule has 15 heteroatoms. The van der Waals surface area contributed by atoms with E-state index >= 15 is 0 Å². The predicted molar refractivity (Wildman–Crippen MR) is 154 cm³/mol. The number of aryl methyl sites for hydroxylation is 1. The van der Waals surface area contributed by atoms with Crippen LogP contribution < -0.4 is 0 Å². The van der Waals surface area contributed by atoms with E-state index in [1.54, 1.807) is 19.1 Å². The van der Waals surface area contributed by atoms with E-state index in [9.17, 15) is 58.6 Å². The van der Waals surface area contributed by atoms with Gasteiger partial charge < -0.3 is 14.6 Å². The van der Waals surface area contributed by atoms with Crippen molar-refractivity contribution in [1.82, 2.24) is 0 Å². The number of phenolic OH excluding ortho intramolecular Hbond substituents is 1. The molecule has 0 saturated carbocycles. The summed E-state index contributed by atoms with van der Waals surface area (Å²) < 4.78 is 148. The highest BCUT2D eigenvalue weighted by Gasteiger charge is 2.83. The fraction of sp³-hybridized carbons (Fsp3) is 0.750.